The fourth-order valence-electron chi connectivity index (χ4n) is 3.76. The van der Waals surface area contributed by atoms with Crippen molar-refractivity contribution >= 4 is 36.5 Å². The second-order valence-corrected chi connectivity index (χ2v) is 6.63. The van der Waals surface area contributed by atoms with Gasteiger partial charge in [-0.3, -0.25) is 4.79 Å². The van der Waals surface area contributed by atoms with Crippen molar-refractivity contribution in [2.24, 2.45) is 5.92 Å². The molecule has 1 amide bonds. The average Bonchev–Trinajstić information content (AvgIpc) is 3.04. The summed E-state index contributed by atoms with van der Waals surface area (Å²) >= 11 is 0. The minimum atomic E-state index is 0. The third-order valence-corrected chi connectivity index (χ3v) is 5.17. The standard InChI is InChI=1S/C16H23N5O.2ClH/c1-10-14-13(9-21(10)16(22)12-4-5-17-8-12)18-11(2)19-15(14)20-6-3-7-20;;/h10,12,17H,3-9H2,1-2H3;2*1H/t10-,12-;;/m1../s1. The van der Waals surface area contributed by atoms with Crippen LogP contribution in [0.2, 0.25) is 0 Å². The number of carbonyl (C=O) groups excluding carboxylic acids is 1. The van der Waals surface area contributed by atoms with E-state index in [-0.39, 0.29) is 42.7 Å². The number of rotatable bonds is 2. The van der Waals surface area contributed by atoms with Crippen molar-refractivity contribution in [3.63, 3.8) is 0 Å². The lowest BCUT2D eigenvalue weighted by Gasteiger charge is -2.34. The number of carbonyl (C=O) groups is 1. The number of aryl methyl sites for hydroxylation is 1. The molecule has 2 saturated heterocycles. The minimum Gasteiger partial charge on any atom is -0.356 e. The highest BCUT2D eigenvalue weighted by atomic mass is 35.5. The van der Waals surface area contributed by atoms with Gasteiger partial charge in [-0.05, 0) is 33.2 Å². The van der Waals surface area contributed by atoms with Crippen LogP contribution in [0.5, 0.6) is 0 Å². The van der Waals surface area contributed by atoms with E-state index < -0.39 is 0 Å². The van der Waals surface area contributed by atoms with Gasteiger partial charge in [0.05, 0.1) is 24.2 Å². The zero-order chi connectivity index (χ0) is 15.3. The maximum Gasteiger partial charge on any atom is 0.227 e. The summed E-state index contributed by atoms with van der Waals surface area (Å²) in [6, 6.07) is 0.0827. The third kappa shape index (κ3) is 3.07. The number of nitrogens with one attached hydrogen (secondary N) is 1. The highest BCUT2D eigenvalue weighted by Crippen LogP contribution is 2.40. The van der Waals surface area contributed by atoms with Crippen LogP contribution in [0.25, 0.3) is 0 Å². The molecular weight excluding hydrogens is 349 g/mol. The first-order chi connectivity index (χ1) is 10.6. The molecule has 0 saturated carbocycles. The molecule has 0 bridgehead atoms. The smallest absolute Gasteiger partial charge is 0.227 e. The van der Waals surface area contributed by atoms with Crippen LogP contribution in [0.4, 0.5) is 5.82 Å². The predicted octanol–water partition coefficient (Wildman–Crippen LogP) is 1.85. The molecule has 1 N–H and O–H groups in total. The maximum absolute atomic E-state index is 12.8. The van der Waals surface area contributed by atoms with E-state index in [1.165, 1.54) is 12.0 Å². The molecule has 2 fully saturated rings. The topological polar surface area (TPSA) is 61.4 Å². The summed E-state index contributed by atoms with van der Waals surface area (Å²) < 4.78 is 0. The number of hydrogen-bond acceptors (Lipinski definition) is 5. The molecule has 0 radical (unpaired) electrons. The molecule has 2 atom stereocenters. The lowest BCUT2D eigenvalue weighted by atomic mass is 10.1. The summed E-state index contributed by atoms with van der Waals surface area (Å²) in [5.41, 5.74) is 2.21. The Morgan fingerprint density at radius 1 is 1.25 bits per heavy atom. The Kier molecular flexibility index (Phi) is 5.94. The summed E-state index contributed by atoms with van der Waals surface area (Å²) in [7, 11) is 0. The normalized spacial score (nSPS) is 24.8. The van der Waals surface area contributed by atoms with E-state index in [1.807, 2.05) is 11.8 Å². The molecule has 134 valence electrons. The van der Waals surface area contributed by atoms with Crippen molar-refractivity contribution in [1.82, 2.24) is 20.2 Å². The number of fused-ring (bicyclic) bond motifs is 1. The van der Waals surface area contributed by atoms with Crippen molar-refractivity contribution in [2.75, 3.05) is 31.1 Å². The zero-order valence-electron chi connectivity index (χ0n) is 14.1. The molecule has 0 spiro atoms. The van der Waals surface area contributed by atoms with Crippen molar-refractivity contribution in [3.05, 3.63) is 17.1 Å². The van der Waals surface area contributed by atoms with Gasteiger partial charge in [-0.1, -0.05) is 0 Å². The number of aromatic nitrogens is 2. The first-order valence-corrected chi connectivity index (χ1v) is 8.28. The number of nitrogens with zero attached hydrogens (tertiary/aromatic N) is 4. The number of anilines is 1. The quantitative estimate of drug-likeness (QED) is 0.856. The Bertz CT molecular complexity index is 617. The Hall–Kier alpha value is -1.11. The van der Waals surface area contributed by atoms with E-state index in [2.05, 4.69) is 27.1 Å². The van der Waals surface area contributed by atoms with E-state index in [1.54, 1.807) is 0 Å². The number of halogens is 2. The summed E-state index contributed by atoms with van der Waals surface area (Å²) in [5, 5.41) is 3.29. The largest absolute Gasteiger partial charge is 0.356 e. The van der Waals surface area contributed by atoms with Gasteiger partial charge >= 0.3 is 0 Å². The number of amides is 1. The molecule has 0 aliphatic carbocycles. The lowest BCUT2D eigenvalue weighted by Crippen LogP contribution is -2.39. The maximum atomic E-state index is 12.8. The van der Waals surface area contributed by atoms with Gasteiger partial charge in [0.15, 0.2) is 0 Å². The molecule has 1 aromatic heterocycles. The van der Waals surface area contributed by atoms with Crippen LogP contribution in [0.3, 0.4) is 0 Å². The monoisotopic (exact) mass is 373 g/mol. The lowest BCUT2D eigenvalue weighted by molar-refractivity contribution is -0.137. The summed E-state index contributed by atoms with van der Waals surface area (Å²) in [6.07, 6.45) is 2.17. The molecule has 0 unspecified atom stereocenters. The van der Waals surface area contributed by atoms with Crippen LogP contribution < -0.4 is 10.2 Å². The van der Waals surface area contributed by atoms with E-state index in [0.717, 1.165) is 49.9 Å². The molecule has 4 rings (SSSR count). The fourth-order valence-corrected chi connectivity index (χ4v) is 3.76. The van der Waals surface area contributed by atoms with E-state index >= 15 is 0 Å². The van der Waals surface area contributed by atoms with E-state index in [9.17, 15) is 4.79 Å². The highest BCUT2D eigenvalue weighted by Gasteiger charge is 2.39. The molecule has 1 aromatic rings. The highest BCUT2D eigenvalue weighted by molar-refractivity contribution is 5.85. The van der Waals surface area contributed by atoms with Crippen molar-refractivity contribution in [2.45, 2.75) is 39.3 Å². The molecule has 6 nitrogen and oxygen atoms in total. The van der Waals surface area contributed by atoms with Crippen molar-refractivity contribution in [1.29, 1.82) is 0 Å². The predicted molar refractivity (Wildman–Crippen MR) is 98.0 cm³/mol. The van der Waals surface area contributed by atoms with E-state index in [0.29, 0.717) is 6.54 Å². The minimum absolute atomic E-state index is 0. The molecule has 8 heteroatoms. The van der Waals surface area contributed by atoms with Gasteiger partial charge in [-0.15, -0.1) is 24.8 Å². The molecular formula is C16H25Cl2N5O. The summed E-state index contributed by atoms with van der Waals surface area (Å²) in [6.45, 7) is 8.58. The van der Waals surface area contributed by atoms with Crippen LogP contribution in [0, 0.1) is 12.8 Å². The summed E-state index contributed by atoms with van der Waals surface area (Å²) in [5.74, 6) is 2.26. The van der Waals surface area contributed by atoms with Gasteiger partial charge in [0.25, 0.3) is 0 Å². The van der Waals surface area contributed by atoms with Gasteiger partial charge in [-0.25, -0.2) is 9.97 Å². The Labute approximate surface area is 155 Å². The second kappa shape index (κ2) is 7.42. The molecule has 3 aliphatic rings. The molecule has 24 heavy (non-hydrogen) atoms. The fraction of sp³-hybridized carbons (Fsp3) is 0.688. The first kappa shape index (κ1) is 19.2. The Morgan fingerprint density at radius 3 is 2.58 bits per heavy atom. The average molecular weight is 374 g/mol. The van der Waals surface area contributed by atoms with E-state index in [4.69, 9.17) is 0 Å². The Morgan fingerprint density at radius 2 is 2.00 bits per heavy atom. The summed E-state index contributed by atoms with van der Waals surface area (Å²) in [4.78, 5) is 26.4. The van der Waals surface area contributed by atoms with Crippen molar-refractivity contribution in [3.8, 4) is 0 Å². The van der Waals surface area contributed by atoms with Gasteiger partial charge in [0.1, 0.15) is 11.6 Å². The molecule has 3 aliphatic heterocycles. The number of hydrogen-bond donors (Lipinski definition) is 1. The molecule has 0 aromatic carbocycles. The SMILES string of the molecule is Cc1nc2c(c(N3CCC3)n1)[C@@H](C)N(C(=O)[C@@H]1CCNC1)C2.Cl.Cl. The Balaban J connectivity index is 0.00000104. The van der Waals surface area contributed by atoms with Crippen LogP contribution in [-0.2, 0) is 11.3 Å². The second-order valence-electron chi connectivity index (χ2n) is 6.63. The van der Waals surface area contributed by atoms with Crippen LogP contribution in [0.15, 0.2) is 0 Å². The third-order valence-electron chi connectivity index (χ3n) is 5.17. The van der Waals surface area contributed by atoms with Gasteiger partial charge < -0.3 is 15.1 Å². The van der Waals surface area contributed by atoms with Crippen LogP contribution >= 0.6 is 24.8 Å². The van der Waals surface area contributed by atoms with Crippen LogP contribution in [-0.4, -0.2) is 47.0 Å². The zero-order valence-corrected chi connectivity index (χ0v) is 15.8. The first-order valence-electron chi connectivity index (χ1n) is 8.28. The molecule has 4 heterocycles. The van der Waals surface area contributed by atoms with Gasteiger partial charge in [0.2, 0.25) is 5.91 Å². The van der Waals surface area contributed by atoms with Gasteiger partial charge in [0, 0.05) is 25.2 Å². The van der Waals surface area contributed by atoms with Crippen molar-refractivity contribution < 1.29 is 4.79 Å². The van der Waals surface area contributed by atoms with Gasteiger partial charge in [-0.2, -0.15) is 0 Å². The van der Waals surface area contributed by atoms with Crippen LogP contribution in [0.1, 0.15) is 42.9 Å².